The summed E-state index contributed by atoms with van der Waals surface area (Å²) in [6.45, 7) is 3.67. The summed E-state index contributed by atoms with van der Waals surface area (Å²) in [5.74, 6) is -0.400. The van der Waals surface area contributed by atoms with E-state index < -0.39 is 5.97 Å². The number of carboxylic acid groups (broad SMARTS) is 1. The molecular weight excluding hydrogens is 192 g/mol. The Morgan fingerprint density at radius 2 is 2.20 bits per heavy atom. The normalized spacial score (nSPS) is 12.2. The van der Waals surface area contributed by atoms with E-state index in [9.17, 15) is 4.79 Å². The summed E-state index contributed by atoms with van der Waals surface area (Å²) in [7, 11) is 1.60. The highest BCUT2D eigenvalue weighted by molar-refractivity contribution is 5.70. The van der Waals surface area contributed by atoms with E-state index in [1.54, 1.807) is 14.0 Å². The van der Waals surface area contributed by atoms with Crippen LogP contribution in [0.25, 0.3) is 0 Å². The molecule has 3 nitrogen and oxygen atoms in total. The van der Waals surface area contributed by atoms with Gasteiger partial charge in [-0.2, -0.15) is 0 Å². The number of carbonyl (C=O) groups is 1. The van der Waals surface area contributed by atoms with Crippen LogP contribution >= 0.6 is 0 Å². The molecule has 1 unspecified atom stereocenters. The van der Waals surface area contributed by atoms with Gasteiger partial charge in [0, 0.05) is 0 Å². The van der Waals surface area contributed by atoms with E-state index in [0.29, 0.717) is 6.42 Å². The number of ether oxygens (including phenoxy) is 1. The van der Waals surface area contributed by atoms with Crippen molar-refractivity contribution in [3.63, 3.8) is 0 Å². The molecule has 1 aromatic carbocycles. The number of hydrogen-bond acceptors (Lipinski definition) is 2. The summed E-state index contributed by atoms with van der Waals surface area (Å²) in [4.78, 5) is 10.8. The minimum absolute atomic E-state index is 0.389. The summed E-state index contributed by atoms with van der Waals surface area (Å²) in [5, 5.41) is 8.86. The van der Waals surface area contributed by atoms with Gasteiger partial charge in [0.25, 0.3) is 0 Å². The predicted octanol–water partition coefficient (Wildman–Crippen LogP) is 2.27. The number of aliphatic carboxylic acids is 1. The van der Waals surface area contributed by atoms with Crippen molar-refractivity contribution in [3.8, 4) is 5.75 Å². The van der Waals surface area contributed by atoms with Gasteiger partial charge in [0.15, 0.2) is 0 Å². The number of rotatable bonds is 4. The highest BCUT2D eigenvalue weighted by Gasteiger charge is 2.15. The van der Waals surface area contributed by atoms with Crippen molar-refractivity contribution in [2.45, 2.75) is 20.3 Å². The van der Waals surface area contributed by atoms with Crippen LogP contribution in [0, 0.1) is 12.8 Å². The van der Waals surface area contributed by atoms with Gasteiger partial charge in [-0.3, -0.25) is 4.79 Å². The van der Waals surface area contributed by atoms with E-state index in [1.165, 1.54) is 0 Å². The van der Waals surface area contributed by atoms with Gasteiger partial charge >= 0.3 is 5.97 Å². The molecule has 0 amide bonds. The fourth-order valence-electron chi connectivity index (χ4n) is 1.52. The fourth-order valence-corrected chi connectivity index (χ4v) is 1.52. The van der Waals surface area contributed by atoms with Crippen LogP contribution in [-0.2, 0) is 11.2 Å². The monoisotopic (exact) mass is 208 g/mol. The number of methoxy groups -OCH3 is 1. The van der Waals surface area contributed by atoms with Gasteiger partial charge in [0.2, 0.25) is 0 Å². The first kappa shape index (κ1) is 11.6. The fraction of sp³-hybridized carbons (Fsp3) is 0.417. The highest BCUT2D eigenvalue weighted by atomic mass is 16.5. The molecule has 0 heterocycles. The molecule has 1 aromatic rings. The lowest BCUT2D eigenvalue weighted by molar-refractivity contribution is -0.141. The van der Waals surface area contributed by atoms with Gasteiger partial charge in [-0.25, -0.2) is 0 Å². The Morgan fingerprint density at radius 1 is 1.53 bits per heavy atom. The van der Waals surface area contributed by atoms with Crippen LogP contribution in [0.1, 0.15) is 18.1 Å². The molecular formula is C12H16O3. The summed E-state index contributed by atoms with van der Waals surface area (Å²) in [6.07, 6.45) is 0.505. The predicted molar refractivity (Wildman–Crippen MR) is 58.2 cm³/mol. The zero-order chi connectivity index (χ0) is 11.4. The molecule has 0 fully saturated rings. The van der Waals surface area contributed by atoms with Crippen molar-refractivity contribution < 1.29 is 14.6 Å². The lowest BCUT2D eigenvalue weighted by Crippen LogP contribution is -2.13. The number of benzene rings is 1. The Hall–Kier alpha value is -1.51. The summed E-state index contributed by atoms with van der Waals surface area (Å²) < 4.78 is 5.21. The first-order valence-corrected chi connectivity index (χ1v) is 4.91. The van der Waals surface area contributed by atoms with E-state index >= 15 is 0 Å². The standard InChI is InChI=1S/C12H16O3/c1-8-5-4-6-11(15-3)10(8)7-9(2)12(13)14/h4-6,9H,7H2,1-3H3,(H,13,14). The molecule has 1 N–H and O–H groups in total. The Morgan fingerprint density at radius 3 is 2.73 bits per heavy atom. The van der Waals surface area contributed by atoms with E-state index in [0.717, 1.165) is 16.9 Å². The summed E-state index contributed by atoms with van der Waals surface area (Å²) >= 11 is 0. The molecule has 0 aliphatic carbocycles. The third-order valence-electron chi connectivity index (χ3n) is 2.52. The van der Waals surface area contributed by atoms with Crippen LogP contribution in [0.2, 0.25) is 0 Å². The number of hydrogen-bond donors (Lipinski definition) is 1. The van der Waals surface area contributed by atoms with Crippen LogP contribution in [0.3, 0.4) is 0 Å². The minimum Gasteiger partial charge on any atom is -0.496 e. The Bertz CT molecular complexity index is 358. The molecule has 0 bridgehead atoms. The lowest BCUT2D eigenvalue weighted by Gasteiger charge is -2.13. The van der Waals surface area contributed by atoms with Crippen molar-refractivity contribution in [2.75, 3.05) is 7.11 Å². The summed E-state index contributed by atoms with van der Waals surface area (Å²) in [6, 6.07) is 5.73. The summed E-state index contributed by atoms with van der Waals surface area (Å²) in [5.41, 5.74) is 2.05. The van der Waals surface area contributed by atoms with Crippen molar-refractivity contribution in [2.24, 2.45) is 5.92 Å². The smallest absolute Gasteiger partial charge is 0.306 e. The molecule has 82 valence electrons. The van der Waals surface area contributed by atoms with Crippen molar-refractivity contribution >= 4 is 5.97 Å². The van der Waals surface area contributed by atoms with Gasteiger partial charge in [-0.15, -0.1) is 0 Å². The third kappa shape index (κ3) is 2.72. The number of carboxylic acids is 1. The van der Waals surface area contributed by atoms with E-state index in [1.807, 2.05) is 25.1 Å². The average Bonchev–Trinajstić information content (AvgIpc) is 2.20. The van der Waals surface area contributed by atoms with E-state index in [4.69, 9.17) is 9.84 Å². The van der Waals surface area contributed by atoms with Crippen molar-refractivity contribution in [1.29, 1.82) is 0 Å². The van der Waals surface area contributed by atoms with Crippen molar-refractivity contribution in [1.82, 2.24) is 0 Å². The Labute approximate surface area is 89.7 Å². The first-order chi connectivity index (χ1) is 7.06. The SMILES string of the molecule is COc1cccc(C)c1CC(C)C(=O)O. The molecule has 0 spiro atoms. The Kier molecular flexibility index (Phi) is 3.72. The topological polar surface area (TPSA) is 46.5 Å². The molecule has 0 saturated heterocycles. The first-order valence-electron chi connectivity index (χ1n) is 4.91. The second-order valence-electron chi connectivity index (χ2n) is 3.70. The van der Waals surface area contributed by atoms with Crippen LogP contribution < -0.4 is 4.74 Å². The molecule has 0 aliphatic heterocycles. The van der Waals surface area contributed by atoms with Crippen LogP contribution in [0.5, 0.6) is 5.75 Å². The van der Waals surface area contributed by atoms with E-state index in [-0.39, 0.29) is 5.92 Å². The second-order valence-corrected chi connectivity index (χ2v) is 3.70. The second kappa shape index (κ2) is 4.82. The van der Waals surface area contributed by atoms with E-state index in [2.05, 4.69) is 0 Å². The maximum atomic E-state index is 10.8. The van der Waals surface area contributed by atoms with Crippen molar-refractivity contribution in [3.05, 3.63) is 29.3 Å². The number of aryl methyl sites for hydroxylation is 1. The van der Waals surface area contributed by atoms with Gasteiger partial charge < -0.3 is 9.84 Å². The van der Waals surface area contributed by atoms with Gasteiger partial charge in [0.1, 0.15) is 5.75 Å². The average molecular weight is 208 g/mol. The molecule has 0 saturated carbocycles. The molecule has 3 heteroatoms. The highest BCUT2D eigenvalue weighted by Crippen LogP contribution is 2.24. The molecule has 1 rings (SSSR count). The van der Waals surface area contributed by atoms with Crippen LogP contribution in [0.4, 0.5) is 0 Å². The maximum absolute atomic E-state index is 10.8. The van der Waals surface area contributed by atoms with Gasteiger partial charge in [-0.1, -0.05) is 19.1 Å². The van der Waals surface area contributed by atoms with Crippen LogP contribution in [0.15, 0.2) is 18.2 Å². The Balaban J connectivity index is 2.97. The third-order valence-corrected chi connectivity index (χ3v) is 2.52. The molecule has 0 aromatic heterocycles. The molecule has 15 heavy (non-hydrogen) atoms. The maximum Gasteiger partial charge on any atom is 0.306 e. The largest absolute Gasteiger partial charge is 0.496 e. The van der Waals surface area contributed by atoms with Gasteiger partial charge in [-0.05, 0) is 30.5 Å². The zero-order valence-corrected chi connectivity index (χ0v) is 9.28. The van der Waals surface area contributed by atoms with Crippen LogP contribution in [-0.4, -0.2) is 18.2 Å². The molecule has 0 radical (unpaired) electrons. The quantitative estimate of drug-likeness (QED) is 0.825. The molecule has 1 atom stereocenters. The van der Waals surface area contributed by atoms with Gasteiger partial charge in [0.05, 0.1) is 13.0 Å². The lowest BCUT2D eigenvalue weighted by atomic mass is 9.97. The minimum atomic E-state index is -0.777. The molecule has 0 aliphatic rings. The zero-order valence-electron chi connectivity index (χ0n) is 9.28.